The van der Waals surface area contributed by atoms with E-state index in [1.807, 2.05) is 0 Å². The van der Waals surface area contributed by atoms with Crippen LogP contribution in [0.1, 0.15) is 10.4 Å². The van der Waals surface area contributed by atoms with Gasteiger partial charge in [0.25, 0.3) is 5.91 Å². The van der Waals surface area contributed by atoms with E-state index in [0.717, 1.165) is 6.07 Å². The molecule has 0 radical (unpaired) electrons. The largest absolute Gasteiger partial charge is 0.383 e. The molecule has 22 heavy (non-hydrogen) atoms. The highest BCUT2D eigenvalue weighted by Crippen LogP contribution is 2.20. The lowest BCUT2D eigenvalue weighted by molar-refractivity contribution is 0.102. The highest BCUT2D eigenvalue weighted by molar-refractivity contribution is 6.34. The number of hydrogen-bond donors (Lipinski definition) is 2. The Morgan fingerprint density at radius 1 is 1.27 bits per heavy atom. The van der Waals surface area contributed by atoms with E-state index in [0.29, 0.717) is 19.0 Å². The summed E-state index contributed by atoms with van der Waals surface area (Å²) >= 11 is 5.83. The maximum Gasteiger partial charge on any atom is 0.261 e. The number of methoxy groups -OCH3 is 1. The Morgan fingerprint density at radius 3 is 2.64 bits per heavy atom. The van der Waals surface area contributed by atoms with E-state index < -0.39 is 11.7 Å². The highest BCUT2D eigenvalue weighted by Gasteiger charge is 2.16. The number of nitrogens with one attached hydrogen (secondary N) is 2. The number of halogens is 2. The topological polar surface area (TPSA) is 76.1 Å². The lowest BCUT2D eigenvalue weighted by Crippen LogP contribution is -2.16. The van der Waals surface area contributed by atoms with Gasteiger partial charge in [0.1, 0.15) is 11.6 Å². The Hall–Kier alpha value is -2.25. The van der Waals surface area contributed by atoms with Crippen LogP contribution in [0.3, 0.4) is 0 Å². The number of hydrogen-bond acceptors (Lipinski definition) is 5. The summed E-state index contributed by atoms with van der Waals surface area (Å²) in [6, 6.07) is 7.22. The molecule has 6 nitrogen and oxygen atoms in total. The van der Waals surface area contributed by atoms with Gasteiger partial charge in [0.05, 0.1) is 17.2 Å². The molecule has 2 rings (SSSR count). The summed E-state index contributed by atoms with van der Waals surface area (Å²) in [4.78, 5) is 12.0. The Kier molecular flexibility index (Phi) is 5.62. The average Bonchev–Trinajstić information content (AvgIpc) is 2.49. The van der Waals surface area contributed by atoms with Crippen molar-refractivity contribution in [3.63, 3.8) is 0 Å². The first kappa shape index (κ1) is 16.1. The first-order valence-electron chi connectivity index (χ1n) is 6.43. The van der Waals surface area contributed by atoms with Crippen LogP contribution in [0.5, 0.6) is 0 Å². The lowest BCUT2D eigenvalue weighted by atomic mass is 10.2. The van der Waals surface area contributed by atoms with Crippen molar-refractivity contribution in [2.24, 2.45) is 0 Å². The predicted octanol–water partition coefficient (Wildman–Crippen LogP) is 2.58. The van der Waals surface area contributed by atoms with Crippen LogP contribution in [0.15, 0.2) is 30.3 Å². The van der Waals surface area contributed by atoms with E-state index in [9.17, 15) is 9.18 Å². The fraction of sp³-hybridized carbons (Fsp3) is 0.214. The smallest absolute Gasteiger partial charge is 0.261 e. The predicted molar refractivity (Wildman–Crippen MR) is 81.8 cm³/mol. The first-order chi connectivity index (χ1) is 10.6. The van der Waals surface area contributed by atoms with Gasteiger partial charge in [-0.15, -0.1) is 10.2 Å². The monoisotopic (exact) mass is 324 g/mol. The Morgan fingerprint density at radius 2 is 2.00 bits per heavy atom. The van der Waals surface area contributed by atoms with Crippen molar-refractivity contribution in [2.75, 3.05) is 30.9 Å². The van der Waals surface area contributed by atoms with Gasteiger partial charge in [-0.2, -0.15) is 0 Å². The molecule has 0 saturated carbocycles. The van der Waals surface area contributed by atoms with Crippen LogP contribution in [-0.4, -0.2) is 36.4 Å². The lowest BCUT2D eigenvalue weighted by Gasteiger charge is -2.08. The zero-order chi connectivity index (χ0) is 15.9. The molecule has 0 aliphatic carbocycles. The number of amides is 1. The van der Waals surface area contributed by atoms with Gasteiger partial charge < -0.3 is 15.4 Å². The molecule has 0 saturated heterocycles. The molecule has 2 N–H and O–H groups in total. The number of rotatable bonds is 6. The Bertz CT molecular complexity index is 632. The van der Waals surface area contributed by atoms with Crippen LogP contribution in [0, 0.1) is 5.82 Å². The minimum Gasteiger partial charge on any atom is -0.383 e. The quantitative estimate of drug-likeness (QED) is 0.799. The van der Waals surface area contributed by atoms with E-state index in [1.54, 1.807) is 19.2 Å². The molecule has 0 bridgehead atoms. The fourth-order valence-electron chi connectivity index (χ4n) is 1.67. The van der Waals surface area contributed by atoms with Crippen molar-refractivity contribution in [1.29, 1.82) is 0 Å². The van der Waals surface area contributed by atoms with E-state index in [4.69, 9.17) is 16.3 Å². The molecule has 1 aromatic heterocycles. The van der Waals surface area contributed by atoms with Crippen molar-refractivity contribution in [2.45, 2.75) is 0 Å². The fourth-order valence-corrected chi connectivity index (χ4v) is 1.92. The van der Waals surface area contributed by atoms with E-state index in [1.165, 1.54) is 12.1 Å². The number of anilines is 2. The van der Waals surface area contributed by atoms with Crippen molar-refractivity contribution >= 4 is 29.1 Å². The summed E-state index contributed by atoms with van der Waals surface area (Å²) in [7, 11) is 1.60. The van der Waals surface area contributed by atoms with Gasteiger partial charge in [0.15, 0.2) is 5.82 Å². The number of aromatic nitrogens is 2. The molecule has 0 atom stereocenters. The zero-order valence-electron chi connectivity index (χ0n) is 11.8. The normalized spacial score (nSPS) is 10.3. The van der Waals surface area contributed by atoms with Crippen molar-refractivity contribution in [3.05, 3.63) is 46.7 Å². The van der Waals surface area contributed by atoms with Gasteiger partial charge in [-0.05, 0) is 24.3 Å². The molecule has 0 spiro atoms. The average molecular weight is 325 g/mol. The number of nitrogens with zero attached hydrogens (tertiary/aromatic N) is 2. The standard InChI is InChI=1S/C14H14ClFN4O2/c1-22-8-7-17-11-5-6-12(20-19-11)18-14(21)13-9(15)3-2-4-10(13)16/h2-6H,7-8H2,1H3,(H,17,19)(H,18,20,21). The Balaban J connectivity index is 2.03. The number of ether oxygens (including phenoxy) is 1. The maximum absolute atomic E-state index is 13.6. The van der Waals surface area contributed by atoms with E-state index >= 15 is 0 Å². The minimum atomic E-state index is -0.698. The van der Waals surface area contributed by atoms with Crippen molar-refractivity contribution < 1.29 is 13.9 Å². The van der Waals surface area contributed by atoms with Gasteiger partial charge >= 0.3 is 0 Å². The van der Waals surface area contributed by atoms with Gasteiger partial charge in [-0.1, -0.05) is 17.7 Å². The van der Waals surface area contributed by atoms with Gasteiger partial charge in [0, 0.05) is 13.7 Å². The molecule has 2 aromatic rings. The molecule has 1 aromatic carbocycles. The number of carbonyl (C=O) groups is 1. The third-order valence-corrected chi connectivity index (χ3v) is 3.02. The first-order valence-corrected chi connectivity index (χ1v) is 6.81. The van der Waals surface area contributed by atoms with Crippen molar-refractivity contribution in [3.8, 4) is 0 Å². The SMILES string of the molecule is COCCNc1ccc(NC(=O)c2c(F)cccc2Cl)nn1. The molecule has 0 unspecified atom stereocenters. The Labute approximate surface area is 131 Å². The van der Waals surface area contributed by atoms with Gasteiger partial charge in [-0.25, -0.2) is 4.39 Å². The van der Waals surface area contributed by atoms with Crippen LogP contribution in [0.4, 0.5) is 16.0 Å². The van der Waals surface area contributed by atoms with Crippen LogP contribution in [-0.2, 0) is 4.74 Å². The summed E-state index contributed by atoms with van der Waals surface area (Å²) in [5.41, 5.74) is -0.228. The van der Waals surface area contributed by atoms with E-state index in [-0.39, 0.29) is 16.4 Å². The number of benzene rings is 1. The molecule has 0 aliphatic heterocycles. The van der Waals surface area contributed by atoms with Crippen LogP contribution in [0.25, 0.3) is 0 Å². The third-order valence-electron chi connectivity index (χ3n) is 2.71. The summed E-state index contributed by atoms with van der Waals surface area (Å²) in [6.07, 6.45) is 0. The summed E-state index contributed by atoms with van der Waals surface area (Å²) in [5, 5.41) is 13.2. The molecule has 1 heterocycles. The maximum atomic E-state index is 13.6. The molecular weight excluding hydrogens is 311 g/mol. The van der Waals surface area contributed by atoms with Crippen molar-refractivity contribution in [1.82, 2.24) is 10.2 Å². The third kappa shape index (κ3) is 4.12. The molecule has 0 fully saturated rings. The second-order valence-corrected chi connectivity index (χ2v) is 4.68. The van der Waals surface area contributed by atoms with Crippen LogP contribution >= 0.6 is 11.6 Å². The second kappa shape index (κ2) is 7.67. The zero-order valence-corrected chi connectivity index (χ0v) is 12.5. The molecular formula is C14H14ClFN4O2. The highest BCUT2D eigenvalue weighted by atomic mass is 35.5. The number of carbonyl (C=O) groups excluding carboxylic acids is 1. The molecule has 1 amide bonds. The summed E-state index contributed by atoms with van der Waals surface area (Å²) < 4.78 is 18.5. The van der Waals surface area contributed by atoms with Crippen LogP contribution < -0.4 is 10.6 Å². The second-order valence-electron chi connectivity index (χ2n) is 4.27. The molecule has 8 heteroatoms. The molecule has 116 valence electrons. The summed E-state index contributed by atoms with van der Waals surface area (Å²) in [6.45, 7) is 1.12. The minimum absolute atomic E-state index is 0.0308. The van der Waals surface area contributed by atoms with E-state index in [2.05, 4.69) is 20.8 Å². The van der Waals surface area contributed by atoms with Crippen LogP contribution in [0.2, 0.25) is 5.02 Å². The van der Waals surface area contributed by atoms with Gasteiger partial charge in [0.2, 0.25) is 0 Å². The van der Waals surface area contributed by atoms with Gasteiger partial charge in [-0.3, -0.25) is 4.79 Å². The summed E-state index contributed by atoms with van der Waals surface area (Å²) in [5.74, 6) is -0.645. The molecule has 0 aliphatic rings.